The van der Waals surface area contributed by atoms with Gasteiger partial charge in [0, 0.05) is 5.02 Å². The fourth-order valence-corrected chi connectivity index (χ4v) is 2.47. The van der Waals surface area contributed by atoms with E-state index in [0.29, 0.717) is 11.1 Å². The van der Waals surface area contributed by atoms with Gasteiger partial charge in [-0.25, -0.2) is 0 Å². The van der Waals surface area contributed by atoms with Gasteiger partial charge < -0.3 is 11.1 Å². The molecular formula is C14H18ClN5S. The van der Waals surface area contributed by atoms with Crippen molar-refractivity contribution in [3.8, 4) is 0 Å². The van der Waals surface area contributed by atoms with E-state index >= 15 is 0 Å². The SMILES string of the molecule is CCC(Nc1nc(N)nc(SC)n1)c1ccc(Cl)c(C)c1. The van der Waals surface area contributed by atoms with Crippen molar-refractivity contribution in [1.82, 2.24) is 15.0 Å². The Hall–Kier alpha value is -1.53. The minimum Gasteiger partial charge on any atom is -0.368 e. The van der Waals surface area contributed by atoms with Crippen molar-refractivity contribution in [3.63, 3.8) is 0 Å². The zero-order chi connectivity index (χ0) is 15.4. The first kappa shape index (κ1) is 15.9. The highest BCUT2D eigenvalue weighted by atomic mass is 35.5. The van der Waals surface area contributed by atoms with Gasteiger partial charge in [0.25, 0.3) is 0 Å². The molecule has 2 rings (SSSR count). The lowest BCUT2D eigenvalue weighted by atomic mass is 10.0. The molecule has 0 aliphatic rings. The first-order valence-corrected chi connectivity index (χ1v) is 8.22. The molecule has 1 aromatic heterocycles. The molecule has 0 saturated carbocycles. The van der Waals surface area contributed by atoms with E-state index in [2.05, 4.69) is 33.3 Å². The van der Waals surface area contributed by atoms with Crippen LogP contribution in [-0.2, 0) is 0 Å². The lowest BCUT2D eigenvalue weighted by Gasteiger charge is -2.18. The smallest absolute Gasteiger partial charge is 0.228 e. The van der Waals surface area contributed by atoms with Crippen LogP contribution in [0.15, 0.2) is 23.4 Å². The maximum Gasteiger partial charge on any atom is 0.228 e. The summed E-state index contributed by atoms with van der Waals surface area (Å²) in [6.45, 7) is 4.09. The van der Waals surface area contributed by atoms with Gasteiger partial charge in [-0.2, -0.15) is 15.0 Å². The lowest BCUT2D eigenvalue weighted by Crippen LogP contribution is -2.14. The van der Waals surface area contributed by atoms with Gasteiger partial charge in [0.1, 0.15) is 0 Å². The molecule has 1 unspecified atom stereocenters. The van der Waals surface area contributed by atoms with Crippen LogP contribution in [-0.4, -0.2) is 21.2 Å². The van der Waals surface area contributed by atoms with Crippen LogP contribution in [0.4, 0.5) is 11.9 Å². The Morgan fingerprint density at radius 2 is 2.10 bits per heavy atom. The summed E-state index contributed by atoms with van der Waals surface area (Å²) in [7, 11) is 0. The van der Waals surface area contributed by atoms with E-state index in [1.54, 1.807) is 0 Å². The van der Waals surface area contributed by atoms with Gasteiger partial charge in [0.05, 0.1) is 6.04 Å². The summed E-state index contributed by atoms with van der Waals surface area (Å²) in [5, 5.41) is 4.68. The molecule has 112 valence electrons. The number of nitrogen functional groups attached to an aromatic ring is 1. The summed E-state index contributed by atoms with van der Waals surface area (Å²) < 4.78 is 0. The zero-order valence-corrected chi connectivity index (χ0v) is 13.8. The molecule has 3 N–H and O–H groups in total. The number of nitrogens with one attached hydrogen (secondary N) is 1. The van der Waals surface area contributed by atoms with Crippen LogP contribution in [0.25, 0.3) is 0 Å². The van der Waals surface area contributed by atoms with E-state index in [0.717, 1.165) is 22.6 Å². The topological polar surface area (TPSA) is 76.7 Å². The van der Waals surface area contributed by atoms with Crippen molar-refractivity contribution in [1.29, 1.82) is 0 Å². The first-order valence-electron chi connectivity index (χ1n) is 6.61. The summed E-state index contributed by atoms with van der Waals surface area (Å²) in [6, 6.07) is 6.09. The monoisotopic (exact) mass is 323 g/mol. The Balaban J connectivity index is 2.26. The molecule has 2 aromatic rings. The van der Waals surface area contributed by atoms with Gasteiger partial charge in [-0.3, -0.25) is 0 Å². The minimum absolute atomic E-state index is 0.0949. The maximum atomic E-state index is 6.08. The Morgan fingerprint density at radius 3 is 2.71 bits per heavy atom. The van der Waals surface area contributed by atoms with E-state index < -0.39 is 0 Å². The molecule has 0 aliphatic carbocycles. The molecule has 7 heteroatoms. The molecule has 1 aromatic carbocycles. The Morgan fingerprint density at radius 1 is 1.33 bits per heavy atom. The van der Waals surface area contributed by atoms with E-state index in [1.807, 2.05) is 25.3 Å². The third-order valence-corrected chi connectivity index (χ3v) is 4.08. The molecule has 0 spiro atoms. The molecule has 0 aliphatic heterocycles. The highest BCUT2D eigenvalue weighted by molar-refractivity contribution is 7.98. The number of nitrogens with two attached hydrogens (primary N) is 1. The van der Waals surface area contributed by atoms with Crippen LogP contribution < -0.4 is 11.1 Å². The number of rotatable bonds is 5. The van der Waals surface area contributed by atoms with Crippen molar-refractivity contribution in [2.24, 2.45) is 0 Å². The molecule has 0 radical (unpaired) electrons. The van der Waals surface area contributed by atoms with Crippen molar-refractivity contribution in [2.45, 2.75) is 31.5 Å². The standard InChI is InChI=1S/C14H18ClN5S/c1-4-11(9-5-6-10(15)8(2)7-9)17-13-18-12(16)19-14(20-13)21-3/h5-7,11H,4H2,1-3H3,(H3,16,17,18,19,20). The number of nitrogens with zero attached hydrogens (tertiary/aromatic N) is 3. The fourth-order valence-electron chi connectivity index (χ4n) is 1.99. The highest BCUT2D eigenvalue weighted by Gasteiger charge is 2.13. The molecule has 0 bridgehead atoms. The third kappa shape index (κ3) is 3.98. The molecule has 0 fully saturated rings. The number of thioether (sulfide) groups is 1. The quantitative estimate of drug-likeness (QED) is 0.817. The normalized spacial score (nSPS) is 12.2. The van der Waals surface area contributed by atoms with Gasteiger partial charge in [0.2, 0.25) is 11.9 Å². The zero-order valence-electron chi connectivity index (χ0n) is 12.2. The van der Waals surface area contributed by atoms with Crippen molar-refractivity contribution in [3.05, 3.63) is 34.3 Å². The van der Waals surface area contributed by atoms with Gasteiger partial charge in [0.15, 0.2) is 5.16 Å². The van der Waals surface area contributed by atoms with Gasteiger partial charge in [-0.1, -0.05) is 42.4 Å². The van der Waals surface area contributed by atoms with Crippen LogP contribution in [0.3, 0.4) is 0 Å². The summed E-state index contributed by atoms with van der Waals surface area (Å²) in [5.74, 6) is 0.713. The van der Waals surface area contributed by atoms with E-state index in [-0.39, 0.29) is 12.0 Å². The summed E-state index contributed by atoms with van der Waals surface area (Å²) >= 11 is 7.51. The van der Waals surface area contributed by atoms with Crippen LogP contribution in [0.1, 0.15) is 30.5 Å². The third-order valence-electron chi connectivity index (χ3n) is 3.11. The van der Waals surface area contributed by atoms with Crippen LogP contribution in [0, 0.1) is 6.92 Å². The summed E-state index contributed by atoms with van der Waals surface area (Å²) in [4.78, 5) is 12.5. The second kappa shape index (κ2) is 6.95. The van der Waals surface area contributed by atoms with Crippen LogP contribution in [0.5, 0.6) is 0 Å². The minimum atomic E-state index is 0.0949. The van der Waals surface area contributed by atoms with Gasteiger partial charge >= 0.3 is 0 Å². The largest absolute Gasteiger partial charge is 0.368 e. The number of anilines is 2. The van der Waals surface area contributed by atoms with Crippen LogP contribution >= 0.6 is 23.4 Å². The maximum absolute atomic E-state index is 6.08. The molecule has 1 atom stereocenters. The second-order valence-electron chi connectivity index (χ2n) is 4.62. The molecule has 0 amide bonds. The Bertz CT molecular complexity index is 635. The molecular weight excluding hydrogens is 306 g/mol. The Kier molecular flexibility index (Phi) is 5.25. The average molecular weight is 324 g/mol. The predicted molar refractivity (Wildman–Crippen MR) is 88.9 cm³/mol. The number of benzene rings is 1. The first-order chi connectivity index (χ1) is 10.0. The van der Waals surface area contributed by atoms with E-state index in [1.165, 1.54) is 11.8 Å². The number of hydrogen-bond donors (Lipinski definition) is 2. The highest BCUT2D eigenvalue weighted by Crippen LogP contribution is 2.25. The Labute approximate surface area is 133 Å². The van der Waals surface area contributed by atoms with Gasteiger partial charge in [-0.05, 0) is 36.8 Å². The van der Waals surface area contributed by atoms with Crippen molar-refractivity contribution < 1.29 is 0 Å². The van der Waals surface area contributed by atoms with Gasteiger partial charge in [-0.15, -0.1) is 0 Å². The average Bonchev–Trinajstić information content (AvgIpc) is 2.47. The number of aromatic nitrogens is 3. The molecule has 21 heavy (non-hydrogen) atoms. The van der Waals surface area contributed by atoms with Crippen molar-refractivity contribution >= 4 is 35.3 Å². The predicted octanol–water partition coefficient (Wildman–Crippen LogP) is 3.70. The lowest BCUT2D eigenvalue weighted by molar-refractivity contribution is 0.730. The molecule has 0 saturated heterocycles. The molecule has 1 heterocycles. The number of halogens is 1. The summed E-state index contributed by atoms with van der Waals surface area (Å²) in [6.07, 6.45) is 2.79. The second-order valence-corrected chi connectivity index (χ2v) is 5.80. The van der Waals surface area contributed by atoms with Crippen LogP contribution in [0.2, 0.25) is 5.02 Å². The number of hydrogen-bond acceptors (Lipinski definition) is 6. The van der Waals surface area contributed by atoms with E-state index in [4.69, 9.17) is 17.3 Å². The summed E-state index contributed by atoms with van der Waals surface area (Å²) in [5.41, 5.74) is 7.89. The fraction of sp³-hybridized carbons (Fsp3) is 0.357. The van der Waals surface area contributed by atoms with Crippen molar-refractivity contribution in [2.75, 3.05) is 17.3 Å². The van der Waals surface area contributed by atoms with E-state index in [9.17, 15) is 0 Å². The molecule has 5 nitrogen and oxygen atoms in total. The number of aryl methyl sites for hydroxylation is 1.